The summed E-state index contributed by atoms with van der Waals surface area (Å²) in [6.45, 7) is 4.39. The van der Waals surface area contributed by atoms with Crippen molar-refractivity contribution in [2.45, 2.75) is 26.7 Å². The van der Waals surface area contributed by atoms with E-state index in [4.69, 9.17) is 21.4 Å². The van der Waals surface area contributed by atoms with Gasteiger partial charge in [0.05, 0.1) is 17.9 Å². The van der Waals surface area contributed by atoms with Crippen LogP contribution >= 0.6 is 22.9 Å². The van der Waals surface area contributed by atoms with Crippen LogP contribution in [0.15, 0.2) is 18.2 Å². The van der Waals surface area contributed by atoms with E-state index in [0.717, 1.165) is 29.7 Å². The minimum absolute atomic E-state index is 0.240. The maximum atomic E-state index is 11.1. The number of rotatable bonds is 6. The number of ether oxygens (including phenoxy) is 1. The Morgan fingerprint density at radius 3 is 2.86 bits per heavy atom. The highest BCUT2D eigenvalue weighted by Crippen LogP contribution is 2.36. The number of carbonyl (C=O) groups is 1. The molecule has 2 aromatic rings. The summed E-state index contributed by atoms with van der Waals surface area (Å²) in [7, 11) is 0. The van der Waals surface area contributed by atoms with Gasteiger partial charge in [-0.1, -0.05) is 24.9 Å². The number of hydrogen-bond donors (Lipinski definition) is 1. The quantitative estimate of drug-likeness (QED) is 0.785. The SMILES string of the molecule is CCCCOc1ccc(Cl)cc1-c1nc(C)c(C(=O)O)s1. The molecule has 2 rings (SSSR count). The summed E-state index contributed by atoms with van der Waals surface area (Å²) < 4.78 is 5.76. The van der Waals surface area contributed by atoms with Gasteiger partial charge < -0.3 is 9.84 Å². The zero-order chi connectivity index (χ0) is 15.4. The van der Waals surface area contributed by atoms with Gasteiger partial charge in [-0.05, 0) is 31.5 Å². The van der Waals surface area contributed by atoms with Crippen molar-refractivity contribution in [3.8, 4) is 16.3 Å². The summed E-state index contributed by atoms with van der Waals surface area (Å²) in [6.07, 6.45) is 2.00. The molecule has 0 radical (unpaired) electrons. The molecule has 1 aromatic heterocycles. The number of nitrogens with zero attached hydrogens (tertiary/aromatic N) is 1. The van der Waals surface area contributed by atoms with E-state index in [9.17, 15) is 4.79 Å². The number of hydrogen-bond acceptors (Lipinski definition) is 4. The Kier molecular flexibility index (Phi) is 5.20. The van der Waals surface area contributed by atoms with Crippen molar-refractivity contribution in [2.24, 2.45) is 0 Å². The van der Waals surface area contributed by atoms with Crippen LogP contribution in [0.1, 0.15) is 35.1 Å². The lowest BCUT2D eigenvalue weighted by atomic mass is 10.2. The molecule has 0 aliphatic heterocycles. The molecule has 0 unspecified atom stereocenters. The molecule has 0 amide bonds. The summed E-state index contributed by atoms with van der Waals surface area (Å²) >= 11 is 7.18. The number of carboxylic acid groups (broad SMARTS) is 1. The first kappa shape index (κ1) is 15.8. The highest BCUT2D eigenvalue weighted by molar-refractivity contribution is 7.17. The molecule has 1 heterocycles. The Morgan fingerprint density at radius 1 is 1.48 bits per heavy atom. The van der Waals surface area contributed by atoms with E-state index >= 15 is 0 Å². The topological polar surface area (TPSA) is 59.4 Å². The number of halogens is 1. The van der Waals surface area contributed by atoms with Crippen LogP contribution < -0.4 is 4.74 Å². The highest BCUT2D eigenvalue weighted by Gasteiger charge is 2.18. The first-order valence-corrected chi connectivity index (χ1v) is 7.85. The standard InChI is InChI=1S/C15H16ClNO3S/c1-3-4-7-20-12-6-5-10(16)8-11(12)14-17-9(2)13(21-14)15(18)19/h5-6,8H,3-4,7H2,1-2H3,(H,18,19). The molecular formula is C15H16ClNO3S. The van der Waals surface area contributed by atoms with Gasteiger partial charge in [0.1, 0.15) is 15.6 Å². The smallest absolute Gasteiger partial charge is 0.347 e. The van der Waals surface area contributed by atoms with Gasteiger partial charge in [-0.2, -0.15) is 0 Å². The van der Waals surface area contributed by atoms with Gasteiger partial charge in [-0.3, -0.25) is 0 Å². The number of benzene rings is 1. The van der Waals surface area contributed by atoms with Crippen LogP contribution in [0.2, 0.25) is 5.02 Å². The molecule has 21 heavy (non-hydrogen) atoms. The monoisotopic (exact) mass is 325 g/mol. The molecule has 0 saturated carbocycles. The third kappa shape index (κ3) is 3.74. The van der Waals surface area contributed by atoms with Gasteiger partial charge in [0.25, 0.3) is 0 Å². The summed E-state index contributed by atoms with van der Waals surface area (Å²) in [4.78, 5) is 15.7. The molecule has 0 saturated heterocycles. The van der Waals surface area contributed by atoms with Crippen LogP contribution in [0.4, 0.5) is 0 Å². The molecule has 0 aliphatic carbocycles. The number of unbranched alkanes of at least 4 members (excludes halogenated alkanes) is 1. The number of aromatic carboxylic acids is 1. The van der Waals surface area contributed by atoms with E-state index < -0.39 is 5.97 Å². The van der Waals surface area contributed by atoms with Crippen molar-refractivity contribution < 1.29 is 14.6 Å². The van der Waals surface area contributed by atoms with E-state index in [-0.39, 0.29) is 4.88 Å². The van der Waals surface area contributed by atoms with Crippen LogP contribution in [0.5, 0.6) is 5.75 Å². The van der Waals surface area contributed by atoms with Crippen LogP contribution in [-0.2, 0) is 0 Å². The predicted molar refractivity (Wildman–Crippen MR) is 84.7 cm³/mol. The van der Waals surface area contributed by atoms with Crippen molar-refractivity contribution >= 4 is 28.9 Å². The lowest BCUT2D eigenvalue weighted by Crippen LogP contribution is -1.98. The van der Waals surface area contributed by atoms with Gasteiger partial charge in [0.2, 0.25) is 0 Å². The van der Waals surface area contributed by atoms with Gasteiger partial charge in [0, 0.05) is 5.02 Å². The second-order valence-electron chi connectivity index (χ2n) is 4.58. The highest BCUT2D eigenvalue weighted by atomic mass is 35.5. The Balaban J connectivity index is 2.39. The zero-order valence-corrected chi connectivity index (χ0v) is 13.4. The van der Waals surface area contributed by atoms with Crippen LogP contribution in [0.25, 0.3) is 10.6 Å². The van der Waals surface area contributed by atoms with E-state index in [1.165, 1.54) is 0 Å². The molecule has 6 heteroatoms. The number of thiazole rings is 1. The van der Waals surface area contributed by atoms with Crippen molar-refractivity contribution in [3.05, 3.63) is 33.8 Å². The first-order valence-electron chi connectivity index (χ1n) is 6.66. The fraction of sp³-hybridized carbons (Fsp3) is 0.333. The van der Waals surface area contributed by atoms with E-state index in [1.54, 1.807) is 25.1 Å². The predicted octanol–water partition coefficient (Wildman–Crippen LogP) is 4.65. The molecule has 1 N–H and O–H groups in total. The average Bonchev–Trinajstić information content (AvgIpc) is 2.83. The van der Waals surface area contributed by atoms with E-state index in [0.29, 0.717) is 28.1 Å². The van der Waals surface area contributed by atoms with E-state index in [2.05, 4.69) is 11.9 Å². The fourth-order valence-electron chi connectivity index (χ4n) is 1.83. The Hall–Kier alpha value is -1.59. The van der Waals surface area contributed by atoms with Crippen molar-refractivity contribution in [1.29, 1.82) is 0 Å². The molecule has 0 fully saturated rings. The average molecular weight is 326 g/mol. The van der Waals surface area contributed by atoms with Crippen LogP contribution in [0, 0.1) is 6.92 Å². The second-order valence-corrected chi connectivity index (χ2v) is 6.02. The Morgan fingerprint density at radius 2 is 2.24 bits per heavy atom. The molecule has 0 atom stereocenters. The van der Waals surface area contributed by atoms with E-state index in [1.807, 2.05) is 0 Å². The van der Waals surface area contributed by atoms with Gasteiger partial charge in [-0.25, -0.2) is 9.78 Å². The molecular weight excluding hydrogens is 310 g/mol. The molecule has 0 aliphatic rings. The minimum Gasteiger partial charge on any atom is -0.493 e. The van der Waals surface area contributed by atoms with Crippen molar-refractivity contribution in [2.75, 3.05) is 6.61 Å². The number of aromatic nitrogens is 1. The largest absolute Gasteiger partial charge is 0.493 e. The third-order valence-electron chi connectivity index (χ3n) is 2.92. The number of aryl methyl sites for hydroxylation is 1. The van der Waals surface area contributed by atoms with Gasteiger partial charge >= 0.3 is 5.97 Å². The van der Waals surface area contributed by atoms with Crippen LogP contribution in [-0.4, -0.2) is 22.7 Å². The lowest BCUT2D eigenvalue weighted by Gasteiger charge is -2.10. The Labute approximate surface area is 132 Å². The molecule has 112 valence electrons. The fourth-order valence-corrected chi connectivity index (χ4v) is 2.93. The van der Waals surface area contributed by atoms with Crippen molar-refractivity contribution in [1.82, 2.24) is 4.98 Å². The Bertz CT molecular complexity index is 654. The summed E-state index contributed by atoms with van der Waals surface area (Å²) in [6, 6.07) is 5.31. The molecule has 4 nitrogen and oxygen atoms in total. The number of carboxylic acids is 1. The summed E-state index contributed by atoms with van der Waals surface area (Å²) in [5.41, 5.74) is 1.24. The normalized spacial score (nSPS) is 10.6. The van der Waals surface area contributed by atoms with Gasteiger partial charge in [0.15, 0.2) is 0 Å². The maximum Gasteiger partial charge on any atom is 0.347 e. The minimum atomic E-state index is -0.966. The summed E-state index contributed by atoms with van der Waals surface area (Å²) in [5.74, 6) is -0.287. The van der Waals surface area contributed by atoms with Crippen LogP contribution in [0.3, 0.4) is 0 Å². The molecule has 1 aromatic carbocycles. The molecule has 0 spiro atoms. The lowest BCUT2D eigenvalue weighted by molar-refractivity contribution is 0.0701. The summed E-state index contributed by atoms with van der Waals surface area (Å²) in [5, 5.41) is 10.3. The second kappa shape index (κ2) is 6.91. The maximum absolute atomic E-state index is 11.1. The third-order valence-corrected chi connectivity index (χ3v) is 4.33. The van der Waals surface area contributed by atoms with Gasteiger partial charge in [-0.15, -0.1) is 11.3 Å². The zero-order valence-electron chi connectivity index (χ0n) is 11.9. The molecule has 0 bridgehead atoms. The van der Waals surface area contributed by atoms with Crippen molar-refractivity contribution in [3.63, 3.8) is 0 Å². The first-order chi connectivity index (χ1) is 10.0.